The van der Waals surface area contributed by atoms with Gasteiger partial charge in [0, 0.05) is 56.2 Å². The summed E-state index contributed by atoms with van der Waals surface area (Å²) < 4.78 is 53.5. The van der Waals surface area contributed by atoms with Crippen molar-refractivity contribution in [2.45, 2.75) is 95.6 Å². The van der Waals surface area contributed by atoms with Crippen LogP contribution in [0.4, 0.5) is 5.95 Å². The first kappa shape index (κ1) is 52.9. The second-order valence-corrected chi connectivity index (χ2v) is 20.6. The van der Waals surface area contributed by atoms with Crippen LogP contribution < -0.4 is 16.6 Å². The fraction of sp³-hybridized carbons (Fsp3) is 0.594. The average Bonchev–Trinajstić information content (AvgIpc) is 3.69. The second kappa shape index (κ2) is 24.0. The molecule has 30 heteroatoms. The summed E-state index contributed by atoms with van der Waals surface area (Å²) >= 11 is 0. The Morgan fingerprint density at radius 2 is 1.71 bits per heavy atom. The number of ether oxygens (including phenoxy) is 1. The maximum atomic E-state index is 12.9. The molecule has 0 radical (unpaired) electrons. The zero-order valence-electron chi connectivity index (χ0n) is 32.7. The summed E-state index contributed by atoms with van der Waals surface area (Å²) in [5.74, 6) is 1.64. The van der Waals surface area contributed by atoms with Crippen LogP contribution in [0.2, 0.25) is 0 Å². The molecule has 1 saturated heterocycles. The largest absolute Gasteiger partial charge is 0.490 e. The third-order valence-electron chi connectivity index (χ3n) is 8.55. The molecule has 2 aromatic heterocycles. The highest BCUT2D eigenvalue weighted by Gasteiger charge is 2.43. The van der Waals surface area contributed by atoms with E-state index in [2.05, 4.69) is 40.3 Å². The molecule has 1 aliphatic heterocycles. The molecular formula is C32H46N5O20P3S2. The Labute approximate surface area is 360 Å². The number of carbonyl (C=O) groups is 5. The van der Waals surface area contributed by atoms with Crippen molar-refractivity contribution in [3.05, 3.63) is 22.1 Å². The Bertz CT molecular complexity index is 2220. The molecule has 1 aliphatic rings. The third kappa shape index (κ3) is 18.0. The number of nitrogen functional groups attached to an aromatic ring is 1. The number of carboxylic acid groups (broad SMARTS) is 2. The smallest absolute Gasteiger partial charge is 0.481 e. The summed E-state index contributed by atoms with van der Waals surface area (Å²) in [7, 11) is -13.9. The van der Waals surface area contributed by atoms with Gasteiger partial charge in [-0.05, 0) is 19.3 Å². The van der Waals surface area contributed by atoms with Crippen LogP contribution >= 0.6 is 45.1 Å². The number of hydrogen-bond donors (Lipinski definition) is 10. The van der Waals surface area contributed by atoms with Gasteiger partial charge in [-0.3, -0.25) is 33.5 Å². The van der Waals surface area contributed by atoms with Gasteiger partial charge in [0.25, 0.3) is 5.56 Å². The Balaban J connectivity index is 1.45. The summed E-state index contributed by atoms with van der Waals surface area (Å²) in [6.07, 6.45) is -1.77. The number of rotatable bonds is 27. The highest BCUT2D eigenvalue weighted by molar-refractivity contribution is 8.76. The summed E-state index contributed by atoms with van der Waals surface area (Å²) in [6.45, 7) is 0.617. The molecule has 25 nitrogen and oxygen atoms in total. The lowest BCUT2D eigenvalue weighted by molar-refractivity contribution is -0.144. The number of aliphatic hydroxyl groups is 1. The van der Waals surface area contributed by atoms with Crippen LogP contribution in [-0.2, 0) is 55.5 Å². The van der Waals surface area contributed by atoms with Crippen LogP contribution in [-0.4, -0.2) is 115 Å². The van der Waals surface area contributed by atoms with Gasteiger partial charge in [0.05, 0.1) is 36.0 Å². The Hall–Kier alpha value is -3.44. The maximum Gasteiger partial charge on any atom is 0.490 e. The minimum Gasteiger partial charge on any atom is -0.481 e. The van der Waals surface area contributed by atoms with Gasteiger partial charge < -0.3 is 55.2 Å². The van der Waals surface area contributed by atoms with Crippen molar-refractivity contribution in [2.75, 3.05) is 23.8 Å². The van der Waals surface area contributed by atoms with Gasteiger partial charge in [-0.1, -0.05) is 40.4 Å². The average molecular weight is 978 g/mol. The van der Waals surface area contributed by atoms with E-state index in [0.717, 1.165) is 0 Å². The zero-order chi connectivity index (χ0) is 46.4. The number of anilines is 1. The Morgan fingerprint density at radius 1 is 1.02 bits per heavy atom. The molecule has 62 heavy (non-hydrogen) atoms. The SMILES string of the molecule is CCC(NC(=O)C(CC(=O)O)CC(=O)CCCCSSCCC(=O)CCC#Cc1cn(C2CC(O)C(COP(=O)(O)OP(=O)(O)OP(=O)(O)O)O2)c2nc(N)[nH]c(=O)c12)C(=O)O. The van der Waals surface area contributed by atoms with Gasteiger partial charge in [-0.15, -0.1) is 0 Å². The van der Waals surface area contributed by atoms with Crippen molar-refractivity contribution in [2.24, 2.45) is 5.92 Å². The third-order valence-corrected chi connectivity index (χ3v) is 14.8. The molecule has 0 aliphatic carbocycles. The van der Waals surface area contributed by atoms with Gasteiger partial charge in [0.2, 0.25) is 11.9 Å². The number of aromatic amines is 1. The van der Waals surface area contributed by atoms with E-state index >= 15 is 0 Å². The molecule has 0 saturated carbocycles. The molecule has 0 aromatic carbocycles. The maximum absolute atomic E-state index is 12.9. The van der Waals surface area contributed by atoms with Gasteiger partial charge in [-0.25, -0.2) is 18.5 Å². The van der Waals surface area contributed by atoms with Crippen molar-refractivity contribution < 1.29 is 90.4 Å². The number of unbranched alkanes of at least 4 members (excludes halogenated alkanes) is 1. The summed E-state index contributed by atoms with van der Waals surface area (Å²) in [6, 6.07) is -1.19. The Morgan fingerprint density at radius 3 is 2.35 bits per heavy atom. The monoisotopic (exact) mass is 977 g/mol. The van der Waals surface area contributed by atoms with Crippen LogP contribution in [0.5, 0.6) is 0 Å². The first-order valence-corrected chi connectivity index (χ1v) is 25.4. The minimum absolute atomic E-state index is 0.00140. The Kier molecular flexibility index (Phi) is 20.5. The normalized spacial score (nSPS) is 19.4. The molecule has 11 N–H and O–H groups in total. The quantitative estimate of drug-likeness (QED) is 0.0265. The van der Waals surface area contributed by atoms with Gasteiger partial charge in [-0.2, -0.15) is 13.6 Å². The predicted molar refractivity (Wildman–Crippen MR) is 219 cm³/mol. The van der Waals surface area contributed by atoms with Crippen molar-refractivity contribution in [1.82, 2.24) is 19.9 Å². The number of ketones is 2. The number of carbonyl (C=O) groups excluding carboxylic acids is 3. The number of H-pyrrole nitrogens is 1. The number of nitrogens with one attached hydrogen (secondary N) is 2. The standard InChI is InChI=1S/C32H46N5O20P3S2/c1-2-22(31(45)46)34-29(43)19(14-26(41)42)13-21(39)9-5-6-11-61-62-12-10-20(38)8-4-3-7-18-16-37(28-27(18)30(44)36-32(33)35-28)25-15-23(40)24(55-25)17-54-59(50,51)57-60(52,53)56-58(47,48)49/h16,19,22-25,40H,2,4-6,8-15,17H2,1H3,(H,34,43)(H,41,42)(H,45,46)(H,50,51)(H,52,53)(H2,47,48,49)(H3,33,35,36,44). The number of aliphatic hydroxyl groups excluding tert-OH is 1. The van der Waals surface area contributed by atoms with E-state index in [0.29, 0.717) is 24.3 Å². The topological polar surface area (TPSA) is 404 Å². The number of amides is 1. The number of fused-ring (bicyclic) bond motifs is 1. The molecule has 1 fully saturated rings. The van der Waals surface area contributed by atoms with E-state index in [1.807, 2.05) is 0 Å². The van der Waals surface area contributed by atoms with E-state index in [9.17, 15) is 57.4 Å². The predicted octanol–water partition coefficient (Wildman–Crippen LogP) is 1.97. The van der Waals surface area contributed by atoms with Gasteiger partial charge in [0.1, 0.15) is 29.9 Å². The molecule has 3 rings (SSSR count). The van der Waals surface area contributed by atoms with Crippen LogP contribution in [0.15, 0.2) is 11.0 Å². The van der Waals surface area contributed by atoms with Gasteiger partial charge in [0.15, 0.2) is 5.65 Å². The molecule has 0 spiro atoms. The van der Waals surface area contributed by atoms with E-state index < -0.39 is 90.3 Å². The number of phosphoric acid groups is 3. The number of nitrogens with zero attached hydrogens (tertiary/aromatic N) is 2. The lowest BCUT2D eigenvalue weighted by Crippen LogP contribution is -2.44. The second-order valence-electron chi connectivity index (χ2n) is 13.5. The molecule has 0 bridgehead atoms. The van der Waals surface area contributed by atoms with Crippen molar-refractivity contribution in [1.29, 1.82) is 0 Å². The van der Waals surface area contributed by atoms with Gasteiger partial charge >= 0.3 is 35.4 Å². The number of nitrogens with two attached hydrogens (primary N) is 1. The number of aliphatic carboxylic acids is 2. The molecule has 1 amide bonds. The van der Waals surface area contributed by atoms with E-state index in [1.54, 1.807) is 6.92 Å². The lowest BCUT2D eigenvalue weighted by Gasteiger charge is -2.19. The fourth-order valence-corrected chi connectivity index (χ4v) is 10.9. The molecular weight excluding hydrogens is 931 g/mol. The summed E-state index contributed by atoms with van der Waals surface area (Å²) in [5, 5.41) is 31.1. The number of aromatic nitrogens is 3. The minimum atomic E-state index is -5.78. The number of carboxylic acids is 2. The van der Waals surface area contributed by atoms with Crippen molar-refractivity contribution in [3.63, 3.8) is 0 Å². The van der Waals surface area contributed by atoms with Crippen LogP contribution in [0, 0.1) is 17.8 Å². The molecule has 346 valence electrons. The zero-order valence-corrected chi connectivity index (χ0v) is 37.0. The number of Topliss-reactive ketones (excluding diaryl/α,β-unsaturated/α-hetero) is 2. The molecule has 7 atom stereocenters. The first-order valence-electron chi connectivity index (χ1n) is 18.4. The van der Waals surface area contributed by atoms with Crippen LogP contribution in [0.25, 0.3) is 11.0 Å². The first-order chi connectivity index (χ1) is 28.9. The van der Waals surface area contributed by atoms with E-state index in [-0.39, 0.29) is 79.1 Å². The van der Waals surface area contributed by atoms with E-state index in [1.165, 1.54) is 32.4 Å². The van der Waals surface area contributed by atoms with Crippen LogP contribution in [0.1, 0.15) is 82.9 Å². The molecule has 2 aromatic rings. The fourth-order valence-electron chi connectivity index (χ4n) is 5.71. The highest BCUT2D eigenvalue weighted by Crippen LogP contribution is 2.66. The highest BCUT2D eigenvalue weighted by atomic mass is 33.1. The molecule has 3 heterocycles. The number of phosphoric ester groups is 1. The van der Waals surface area contributed by atoms with Crippen molar-refractivity contribution >= 4 is 91.4 Å². The van der Waals surface area contributed by atoms with Crippen molar-refractivity contribution in [3.8, 4) is 11.8 Å². The summed E-state index contributed by atoms with van der Waals surface area (Å²) in [5.41, 5.74) is 5.24. The number of hydrogen-bond acceptors (Lipinski definition) is 18. The van der Waals surface area contributed by atoms with E-state index in [4.69, 9.17) is 30.5 Å². The molecule has 7 unspecified atom stereocenters. The lowest BCUT2D eigenvalue weighted by atomic mass is 9.95. The van der Waals surface area contributed by atoms with Crippen LogP contribution in [0.3, 0.4) is 0 Å². The summed E-state index contributed by atoms with van der Waals surface area (Å²) in [4.78, 5) is 116.